The minimum atomic E-state index is -0.151. The molecule has 2 nitrogen and oxygen atoms in total. The number of rotatable bonds is 1. The number of epoxide rings is 1. The quantitative estimate of drug-likeness (QED) is 0.262. The molecule has 0 aliphatic carbocycles. The molecule has 0 aromatic heterocycles. The van der Waals surface area contributed by atoms with E-state index < -0.39 is 0 Å². The van der Waals surface area contributed by atoms with Gasteiger partial charge in [-0.1, -0.05) is 11.6 Å². The Balaban J connectivity index is 0.000000810. The van der Waals surface area contributed by atoms with Gasteiger partial charge < -0.3 is 16.9 Å². The summed E-state index contributed by atoms with van der Waals surface area (Å²) < 4.78 is 5.97. The van der Waals surface area contributed by atoms with Crippen LogP contribution in [0.15, 0.2) is 0 Å². The first-order chi connectivity index (χ1) is 3.88. The van der Waals surface area contributed by atoms with Gasteiger partial charge in [-0.3, -0.25) is 4.74 Å². The summed E-state index contributed by atoms with van der Waals surface area (Å²) in [5.74, 6) is 0. The highest BCUT2D eigenvalue weighted by atomic mass is 35.5. The fraction of sp³-hybridized carbons (Fsp3) is 1.00. The van der Waals surface area contributed by atoms with Crippen LogP contribution in [0.4, 0.5) is 0 Å². The Kier molecular flexibility index (Phi) is 2.65. The zero-order valence-corrected chi connectivity index (χ0v) is 8.20. The van der Waals surface area contributed by atoms with E-state index in [4.69, 9.17) is 16.3 Å². The second-order valence-corrected chi connectivity index (χ2v) is 3.90. The summed E-state index contributed by atoms with van der Waals surface area (Å²) in [6, 6.07) is 0. The summed E-state index contributed by atoms with van der Waals surface area (Å²) in [5, 5.41) is 0. The van der Waals surface area contributed by atoms with Crippen molar-refractivity contribution in [3.8, 4) is 0 Å². The average Bonchev–Trinajstić information content (AvgIpc) is 2.13. The molecule has 4 heteroatoms. The van der Waals surface area contributed by atoms with E-state index in [9.17, 15) is 0 Å². The molecule has 0 N–H and O–H groups in total. The molecule has 2 atom stereocenters. The molecular weight excluding hydrogens is 173 g/mol. The van der Waals surface area contributed by atoms with E-state index in [1.165, 1.54) is 0 Å². The number of nitrogens with zero attached hydrogens (tertiary/aromatic N) is 1. The highest BCUT2D eigenvalue weighted by Crippen LogP contribution is 2.43. The topological polar surface area (TPSA) is 12.5 Å². The molecule has 1 fully saturated rings. The lowest BCUT2D eigenvalue weighted by atomic mass is 10.3. The normalized spacial score (nSPS) is 38.7. The molecule has 2 unspecified atom stereocenters. The van der Waals surface area contributed by atoms with E-state index in [1.807, 2.05) is 6.92 Å². The molecule has 1 saturated heterocycles. The minimum Gasteiger partial charge on any atom is -1.00 e. The van der Waals surface area contributed by atoms with Crippen molar-refractivity contribution in [1.82, 2.24) is 0 Å². The first-order valence-corrected chi connectivity index (χ1v) is 3.45. The van der Waals surface area contributed by atoms with Crippen molar-refractivity contribution >= 4 is 11.6 Å². The Hall–Kier alpha value is 0.500. The minimum absolute atomic E-state index is 0. The van der Waals surface area contributed by atoms with Gasteiger partial charge in [0.2, 0.25) is 11.3 Å². The number of alkyl halides is 1. The van der Waals surface area contributed by atoms with Crippen LogP contribution in [-0.2, 0) is 4.74 Å². The van der Waals surface area contributed by atoms with Crippen LogP contribution in [0, 0.1) is 0 Å². The average molecular weight is 186 g/mol. The second kappa shape index (κ2) is 2.52. The Morgan fingerprint density at radius 1 is 1.40 bits per heavy atom. The Morgan fingerprint density at radius 2 is 1.70 bits per heavy atom. The zero-order valence-electron chi connectivity index (χ0n) is 6.69. The maximum Gasteiger partial charge on any atom is 0.243 e. The molecule has 0 saturated carbocycles. The maximum absolute atomic E-state index is 5.74. The van der Waals surface area contributed by atoms with Gasteiger partial charge in [-0.05, 0) is 0 Å². The lowest BCUT2D eigenvalue weighted by Gasteiger charge is -2.28. The Bertz CT molecular complexity index is 134. The van der Waals surface area contributed by atoms with Crippen molar-refractivity contribution in [2.45, 2.75) is 18.2 Å². The molecule has 1 rings (SSSR count). The van der Waals surface area contributed by atoms with E-state index in [0.29, 0.717) is 0 Å². The summed E-state index contributed by atoms with van der Waals surface area (Å²) in [7, 11) is 6.22. The first kappa shape index (κ1) is 10.5. The predicted molar refractivity (Wildman–Crippen MR) is 37.2 cm³/mol. The van der Waals surface area contributed by atoms with Crippen LogP contribution in [0.1, 0.15) is 6.92 Å². The molecule has 10 heavy (non-hydrogen) atoms. The van der Waals surface area contributed by atoms with Gasteiger partial charge in [-0.15, -0.1) is 0 Å². The van der Waals surface area contributed by atoms with Gasteiger partial charge in [0.25, 0.3) is 0 Å². The molecule has 62 valence electrons. The fourth-order valence-electron chi connectivity index (χ4n) is 0.638. The van der Waals surface area contributed by atoms with Crippen molar-refractivity contribution in [1.29, 1.82) is 0 Å². The monoisotopic (exact) mass is 185 g/mol. The van der Waals surface area contributed by atoms with Crippen molar-refractivity contribution in [3.63, 3.8) is 0 Å². The smallest absolute Gasteiger partial charge is 0.243 e. The maximum atomic E-state index is 5.74. The first-order valence-electron chi connectivity index (χ1n) is 3.01. The van der Waals surface area contributed by atoms with Gasteiger partial charge in [0.05, 0.1) is 21.1 Å². The van der Waals surface area contributed by atoms with Gasteiger partial charge in [0, 0.05) is 6.92 Å². The molecule has 0 aromatic carbocycles. The van der Waals surface area contributed by atoms with Crippen LogP contribution in [0.2, 0.25) is 0 Å². The lowest BCUT2D eigenvalue weighted by Crippen LogP contribution is -3.00. The third kappa shape index (κ3) is 1.40. The van der Waals surface area contributed by atoms with Crippen LogP contribution in [0.25, 0.3) is 0 Å². The number of quaternary nitrogens is 1. The van der Waals surface area contributed by atoms with E-state index in [0.717, 1.165) is 4.48 Å². The SMILES string of the molecule is CC1([N+](C)(C)C)OC1Cl.[Cl-]. The number of hydrogen-bond donors (Lipinski definition) is 0. The van der Waals surface area contributed by atoms with Gasteiger partial charge in [0.1, 0.15) is 0 Å². The molecular formula is C6H13Cl2NO. The van der Waals surface area contributed by atoms with Crippen LogP contribution in [-0.4, -0.2) is 36.9 Å². The van der Waals surface area contributed by atoms with E-state index in [1.54, 1.807) is 0 Å². The van der Waals surface area contributed by atoms with E-state index in [2.05, 4.69) is 21.1 Å². The van der Waals surface area contributed by atoms with Crippen molar-refractivity contribution < 1.29 is 21.6 Å². The zero-order chi connectivity index (χ0) is 7.28. The summed E-state index contributed by atoms with van der Waals surface area (Å²) in [6.45, 7) is 2.02. The highest BCUT2D eigenvalue weighted by Gasteiger charge is 2.62. The summed E-state index contributed by atoms with van der Waals surface area (Å²) in [5.41, 5.74) is -0.251. The number of halogens is 2. The summed E-state index contributed by atoms with van der Waals surface area (Å²) >= 11 is 5.74. The highest BCUT2D eigenvalue weighted by molar-refractivity contribution is 6.21. The van der Waals surface area contributed by atoms with Crippen molar-refractivity contribution in [2.75, 3.05) is 21.1 Å². The fourth-order valence-corrected chi connectivity index (χ4v) is 1.11. The van der Waals surface area contributed by atoms with Crippen LogP contribution < -0.4 is 12.4 Å². The van der Waals surface area contributed by atoms with Gasteiger partial charge in [-0.2, -0.15) is 0 Å². The lowest BCUT2D eigenvalue weighted by molar-refractivity contribution is -0.917. The molecule has 0 radical (unpaired) electrons. The Morgan fingerprint density at radius 3 is 1.70 bits per heavy atom. The third-order valence-corrected chi connectivity index (χ3v) is 2.53. The number of ether oxygens (including phenoxy) is 1. The largest absolute Gasteiger partial charge is 1.00 e. The molecule has 1 heterocycles. The number of hydrogen-bond acceptors (Lipinski definition) is 1. The predicted octanol–water partition coefficient (Wildman–Crippen LogP) is -1.99. The molecule has 1 aliphatic rings. The van der Waals surface area contributed by atoms with E-state index >= 15 is 0 Å². The van der Waals surface area contributed by atoms with Crippen molar-refractivity contribution in [2.24, 2.45) is 0 Å². The van der Waals surface area contributed by atoms with E-state index in [-0.39, 0.29) is 23.7 Å². The van der Waals surface area contributed by atoms with Crippen LogP contribution in [0.3, 0.4) is 0 Å². The summed E-state index contributed by atoms with van der Waals surface area (Å²) in [4.78, 5) is 0. The molecule has 1 aliphatic heterocycles. The molecule has 0 amide bonds. The van der Waals surface area contributed by atoms with Crippen LogP contribution >= 0.6 is 11.6 Å². The molecule has 0 bridgehead atoms. The third-order valence-electron chi connectivity index (χ3n) is 2.04. The number of likely N-dealkylation sites (N-methyl/N-ethyl adjacent to an activating group) is 1. The van der Waals surface area contributed by atoms with Gasteiger partial charge in [-0.25, -0.2) is 0 Å². The molecule has 0 spiro atoms. The second-order valence-electron chi connectivity index (χ2n) is 3.50. The van der Waals surface area contributed by atoms with Gasteiger partial charge >= 0.3 is 0 Å². The standard InChI is InChI=1S/C6H13ClNO.ClH/c1-6(5(7)9-6)8(2,3)4;/h5H,1-4H3;1H/q+1;/p-1. The Labute approximate surface area is 73.1 Å². The summed E-state index contributed by atoms with van der Waals surface area (Å²) in [6.07, 6.45) is 0. The molecule has 0 aromatic rings. The van der Waals surface area contributed by atoms with Crippen LogP contribution in [0.5, 0.6) is 0 Å². The van der Waals surface area contributed by atoms with Gasteiger partial charge in [0.15, 0.2) is 0 Å². The van der Waals surface area contributed by atoms with Crippen molar-refractivity contribution in [3.05, 3.63) is 0 Å².